The minimum Gasteiger partial charge on any atom is -0.468 e. The van der Waals surface area contributed by atoms with E-state index < -0.39 is 0 Å². The summed E-state index contributed by atoms with van der Waals surface area (Å²) >= 11 is 0. The largest absolute Gasteiger partial charge is 0.468 e. The van der Waals surface area contributed by atoms with Crippen LogP contribution in [0, 0.1) is 13.8 Å². The number of imidazole rings is 1. The van der Waals surface area contributed by atoms with E-state index in [-0.39, 0.29) is 5.41 Å². The molecule has 0 amide bonds. The highest BCUT2D eigenvalue weighted by atomic mass is 16.5. The molecule has 0 fully saturated rings. The summed E-state index contributed by atoms with van der Waals surface area (Å²) in [5.74, 6) is 0. The molecule has 3 nitrogen and oxygen atoms in total. The van der Waals surface area contributed by atoms with Crippen molar-refractivity contribution in [3.05, 3.63) is 35.0 Å². The molecule has 0 aliphatic carbocycles. The van der Waals surface area contributed by atoms with Crippen LogP contribution in [0.3, 0.4) is 0 Å². The van der Waals surface area contributed by atoms with Crippen LogP contribution in [0.1, 0.15) is 37.5 Å². The van der Waals surface area contributed by atoms with Gasteiger partial charge in [-0.25, -0.2) is 4.98 Å². The standard InChI is InChI=1S/C16H22N2O/c1-10-7-12(16(3,4)5)8-11(2)14(10)13-9-17-15(18-13)19-6/h7-9H,1-6H3,(H,17,18). The Labute approximate surface area is 115 Å². The molecule has 0 aliphatic heterocycles. The zero-order valence-electron chi connectivity index (χ0n) is 12.6. The molecular weight excluding hydrogens is 236 g/mol. The Morgan fingerprint density at radius 1 is 1.11 bits per heavy atom. The number of hydrogen-bond donors (Lipinski definition) is 1. The van der Waals surface area contributed by atoms with Gasteiger partial charge in [0.2, 0.25) is 0 Å². The van der Waals surface area contributed by atoms with Gasteiger partial charge in [-0.05, 0) is 36.0 Å². The first-order valence-corrected chi connectivity index (χ1v) is 6.54. The number of aromatic nitrogens is 2. The number of benzene rings is 1. The molecular formula is C16H22N2O. The molecule has 0 atom stereocenters. The Kier molecular flexibility index (Phi) is 3.40. The van der Waals surface area contributed by atoms with Crippen LogP contribution >= 0.6 is 0 Å². The molecule has 2 aromatic rings. The van der Waals surface area contributed by atoms with Crippen LogP contribution in [0.4, 0.5) is 0 Å². The van der Waals surface area contributed by atoms with Crippen molar-refractivity contribution < 1.29 is 4.74 Å². The van der Waals surface area contributed by atoms with Gasteiger partial charge in [0, 0.05) is 5.56 Å². The maximum atomic E-state index is 5.11. The molecule has 1 N–H and O–H groups in total. The summed E-state index contributed by atoms with van der Waals surface area (Å²) in [4.78, 5) is 7.37. The molecule has 19 heavy (non-hydrogen) atoms. The third-order valence-electron chi connectivity index (χ3n) is 3.41. The van der Waals surface area contributed by atoms with Crippen LogP contribution in [0.2, 0.25) is 0 Å². The van der Waals surface area contributed by atoms with Gasteiger partial charge in [0.25, 0.3) is 6.01 Å². The molecule has 3 heteroatoms. The lowest BCUT2D eigenvalue weighted by molar-refractivity contribution is 0.384. The zero-order valence-corrected chi connectivity index (χ0v) is 12.6. The minimum atomic E-state index is 0.166. The lowest BCUT2D eigenvalue weighted by Crippen LogP contribution is -2.12. The lowest BCUT2D eigenvalue weighted by Gasteiger charge is -2.22. The number of aryl methyl sites for hydroxylation is 2. The summed E-state index contributed by atoms with van der Waals surface area (Å²) < 4.78 is 5.11. The van der Waals surface area contributed by atoms with Crippen molar-refractivity contribution in [2.75, 3.05) is 7.11 Å². The highest BCUT2D eigenvalue weighted by Gasteiger charge is 2.17. The number of nitrogens with zero attached hydrogens (tertiary/aromatic N) is 1. The summed E-state index contributed by atoms with van der Waals surface area (Å²) in [7, 11) is 1.62. The van der Waals surface area contributed by atoms with Crippen molar-refractivity contribution >= 4 is 0 Å². The first kappa shape index (κ1) is 13.7. The maximum Gasteiger partial charge on any atom is 0.293 e. The fraction of sp³-hybridized carbons (Fsp3) is 0.438. The van der Waals surface area contributed by atoms with E-state index in [2.05, 4.69) is 56.7 Å². The van der Waals surface area contributed by atoms with E-state index in [0.717, 1.165) is 5.69 Å². The molecule has 0 bridgehead atoms. The monoisotopic (exact) mass is 258 g/mol. The number of methoxy groups -OCH3 is 1. The molecule has 0 unspecified atom stereocenters. The molecule has 0 radical (unpaired) electrons. The van der Waals surface area contributed by atoms with Gasteiger partial charge in [-0.3, -0.25) is 0 Å². The number of rotatable bonds is 2. The Morgan fingerprint density at radius 2 is 1.68 bits per heavy atom. The van der Waals surface area contributed by atoms with Gasteiger partial charge in [0.1, 0.15) is 0 Å². The van der Waals surface area contributed by atoms with Crippen LogP contribution in [0.5, 0.6) is 6.01 Å². The number of aromatic amines is 1. The van der Waals surface area contributed by atoms with Gasteiger partial charge in [-0.2, -0.15) is 0 Å². The van der Waals surface area contributed by atoms with Gasteiger partial charge in [0.15, 0.2) is 0 Å². The van der Waals surface area contributed by atoms with E-state index in [0.29, 0.717) is 6.01 Å². The second-order valence-corrected chi connectivity index (χ2v) is 6.04. The molecule has 0 aliphatic rings. The fourth-order valence-electron chi connectivity index (χ4n) is 2.36. The van der Waals surface area contributed by atoms with Crippen molar-refractivity contribution in [1.82, 2.24) is 9.97 Å². The third kappa shape index (κ3) is 2.65. The van der Waals surface area contributed by atoms with Gasteiger partial charge in [-0.15, -0.1) is 0 Å². The Hall–Kier alpha value is -1.77. The van der Waals surface area contributed by atoms with E-state index in [1.54, 1.807) is 7.11 Å². The van der Waals surface area contributed by atoms with E-state index in [1.165, 1.54) is 22.3 Å². The average molecular weight is 258 g/mol. The number of nitrogens with one attached hydrogen (secondary N) is 1. The molecule has 1 aromatic carbocycles. The van der Waals surface area contributed by atoms with Crippen LogP contribution in [-0.4, -0.2) is 17.1 Å². The summed E-state index contributed by atoms with van der Waals surface area (Å²) in [5.41, 5.74) is 6.26. The molecule has 2 rings (SSSR count). The summed E-state index contributed by atoms with van der Waals surface area (Å²) in [5, 5.41) is 0. The Morgan fingerprint density at radius 3 is 2.11 bits per heavy atom. The first-order chi connectivity index (χ1) is 8.82. The van der Waals surface area contributed by atoms with Crippen molar-refractivity contribution in [2.24, 2.45) is 0 Å². The molecule has 1 aromatic heterocycles. The van der Waals surface area contributed by atoms with Crippen molar-refractivity contribution in [3.63, 3.8) is 0 Å². The second kappa shape index (κ2) is 4.72. The average Bonchev–Trinajstić information content (AvgIpc) is 2.75. The number of H-pyrrole nitrogens is 1. The topological polar surface area (TPSA) is 37.9 Å². The highest BCUT2D eigenvalue weighted by Crippen LogP contribution is 2.32. The molecule has 1 heterocycles. The van der Waals surface area contributed by atoms with E-state index in [4.69, 9.17) is 4.74 Å². The van der Waals surface area contributed by atoms with Gasteiger partial charge < -0.3 is 9.72 Å². The van der Waals surface area contributed by atoms with Crippen LogP contribution in [0.25, 0.3) is 11.3 Å². The smallest absolute Gasteiger partial charge is 0.293 e. The van der Waals surface area contributed by atoms with Gasteiger partial charge in [0.05, 0.1) is 19.0 Å². The van der Waals surface area contributed by atoms with E-state index >= 15 is 0 Å². The van der Waals surface area contributed by atoms with Crippen molar-refractivity contribution in [1.29, 1.82) is 0 Å². The normalized spacial score (nSPS) is 11.7. The first-order valence-electron chi connectivity index (χ1n) is 6.54. The lowest BCUT2D eigenvalue weighted by atomic mass is 9.83. The van der Waals surface area contributed by atoms with Crippen molar-refractivity contribution in [3.8, 4) is 17.3 Å². The summed E-state index contributed by atoms with van der Waals surface area (Å²) in [6.45, 7) is 11.0. The Bertz CT molecular complexity index is 568. The second-order valence-electron chi connectivity index (χ2n) is 6.04. The van der Waals surface area contributed by atoms with Crippen LogP contribution in [0.15, 0.2) is 18.3 Å². The predicted octanol–water partition coefficient (Wildman–Crippen LogP) is 4.00. The number of hydrogen-bond acceptors (Lipinski definition) is 2. The Balaban J connectivity index is 2.53. The quantitative estimate of drug-likeness (QED) is 0.884. The zero-order chi connectivity index (χ0) is 14.2. The SMILES string of the molecule is COc1ncc(-c2c(C)cc(C(C)(C)C)cc2C)[nH]1. The molecule has 0 saturated carbocycles. The van der Waals surface area contributed by atoms with Crippen molar-refractivity contribution in [2.45, 2.75) is 40.0 Å². The van der Waals surface area contributed by atoms with E-state index in [1.807, 2.05) is 6.20 Å². The summed E-state index contributed by atoms with van der Waals surface area (Å²) in [6.07, 6.45) is 1.82. The predicted molar refractivity (Wildman–Crippen MR) is 78.7 cm³/mol. The maximum absolute atomic E-state index is 5.11. The minimum absolute atomic E-state index is 0.166. The molecule has 102 valence electrons. The molecule has 0 saturated heterocycles. The number of ether oxygens (including phenoxy) is 1. The fourth-order valence-corrected chi connectivity index (χ4v) is 2.36. The van der Waals surface area contributed by atoms with Gasteiger partial charge >= 0.3 is 0 Å². The van der Waals surface area contributed by atoms with E-state index in [9.17, 15) is 0 Å². The highest BCUT2D eigenvalue weighted by molar-refractivity contribution is 5.68. The van der Waals surface area contributed by atoms with Crippen LogP contribution < -0.4 is 4.74 Å². The third-order valence-corrected chi connectivity index (χ3v) is 3.41. The van der Waals surface area contributed by atoms with Crippen LogP contribution in [-0.2, 0) is 5.41 Å². The molecule has 0 spiro atoms. The van der Waals surface area contributed by atoms with Gasteiger partial charge in [-0.1, -0.05) is 32.9 Å². The summed E-state index contributed by atoms with van der Waals surface area (Å²) in [6, 6.07) is 5.07.